The second kappa shape index (κ2) is 7.84. The monoisotopic (exact) mass is 306 g/mol. The Morgan fingerprint density at radius 1 is 0.591 bits per heavy atom. The first-order valence-corrected chi connectivity index (χ1v) is 9.99. The Bertz CT molecular complexity index is 288. The van der Waals surface area contributed by atoms with Crippen LogP contribution in [-0.2, 0) is 9.53 Å². The Hall–Kier alpha value is -0.530. The normalized spacial score (nSPS) is 26.7. The van der Waals surface area contributed by atoms with E-state index in [-0.39, 0.29) is 5.60 Å². The van der Waals surface area contributed by atoms with Crippen molar-refractivity contribution in [1.29, 1.82) is 0 Å². The van der Waals surface area contributed by atoms with Gasteiger partial charge in [0.15, 0.2) is 0 Å². The highest BCUT2D eigenvalue weighted by molar-refractivity contribution is 5.39. The van der Waals surface area contributed by atoms with Gasteiger partial charge in [-0.05, 0) is 56.3 Å². The highest BCUT2D eigenvalue weighted by Gasteiger charge is 2.52. The molecule has 2 heteroatoms. The molecule has 3 aliphatic carbocycles. The van der Waals surface area contributed by atoms with Gasteiger partial charge in [0, 0.05) is 0 Å². The zero-order chi connectivity index (χ0) is 15.3. The van der Waals surface area contributed by atoms with Crippen molar-refractivity contribution in [3.8, 4) is 0 Å². The molecule has 0 saturated heterocycles. The van der Waals surface area contributed by atoms with Crippen molar-refractivity contribution in [3.05, 3.63) is 0 Å². The predicted molar refractivity (Wildman–Crippen MR) is 89.6 cm³/mol. The van der Waals surface area contributed by atoms with Gasteiger partial charge in [0.1, 0.15) is 5.60 Å². The lowest BCUT2D eigenvalue weighted by atomic mass is 9.58. The van der Waals surface area contributed by atoms with Crippen molar-refractivity contribution in [3.63, 3.8) is 0 Å². The Morgan fingerprint density at radius 2 is 0.909 bits per heavy atom. The van der Waals surface area contributed by atoms with Crippen LogP contribution >= 0.6 is 0 Å². The van der Waals surface area contributed by atoms with E-state index < -0.39 is 0 Å². The average molecular weight is 306 g/mol. The molecule has 126 valence electrons. The molecule has 3 aliphatic rings. The first-order valence-electron chi connectivity index (χ1n) is 9.99. The van der Waals surface area contributed by atoms with Crippen LogP contribution in [0.4, 0.5) is 0 Å². The highest BCUT2D eigenvalue weighted by atomic mass is 16.5. The minimum atomic E-state index is -0.108. The van der Waals surface area contributed by atoms with Gasteiger partial charge in [0.05, 0.1) is 0 Å². The summed E-state index contributed by atoms with van der Waals surface area (Å²) in [5.74, 6) is 1.91. The van der Waals surface area contributed by atoms with Crippen molar-refractivity contribution in [2.24, 2.45) is 17.8 Å². The van der Waals surface area contributed by atoms with E-state index in [1.165, 1.54) is 96.3 Å². The van der Waals surface area contributed by atoms with E-state index in [1.54, 1.807) is 0 Å². The number of ether oxygens (including phenoxy) is 1. The first-order chi connectivity index (χ1) is 10.9. The second-order valence-corrected chi connectivity index (χ2v) is 8.07. The second-order valence-electron chi connectivity index (χ2n) is 8.07. The molecule has 2 nitrogen and oxygen atoms in total. The minimum Gasteiger partial charge on any atom is -0.460 e. The summed E-state index contributed by atoms with van der Waals surface area (Å²) >= 11 is 0. The summed E-state index contributed by atoms with van der Waals surface area (Å²) in [6, 6.07) is 0. The van der Waals surface area contributed by atoms with Crippen LogP contribution < -0.4 is 0 Å². The highest BCUT2D eigenvalue weighted by Crippen LogP contribution is 2.52. The first kappa shape index (κ1) is 16.3. The predicted octanol–water partition coefficient (Wildman–Crippen LogP) is 5.64. The van der Waals surface area contributed by atoms with Gasteiger partial charge in [-0.2, -0.15) is 0 Å². The van der Waals surface area contributed by atoms with Crippen LogP contribution in [0.15, 0.2) is 0 Å². The number of hydrogen-bond donors (Lipinski definition) is 0. The number of rotatable bonds is 5. The van der Waals surface area contributed by atoms with Crippen molar-refractivity contribution >= 4 is 6.47 Å². The molecule has 0 heterocycles. The van der Waals surface area contributed by atoms with E-state index in [9.17, 15) is 4.79 Å². The van der Waals surface area contributed by atoms with E-state index in [0.29, 0.717) is 17.8 Å². The quantitative estimate of drug-likeness (QED) is 0.614. The summed E-state index contributed by atoms with van der Waals surface area (Å²) < 4.78 is 6.17. The molecule has 0 spiro atoms. The molecule has 0 bridgehead atoms. The van der Waals surface area contributed by atoms with Gasteiger partial charge in [-0.1, -0.05) is 57.8 Å². The molecule has 0 unspecified atom stereocenters. The lowest BCUT2D eigenvalue weighted by Gasteiger charge is -2.53. The topological polar surface area (TPSA) is 26.3 Å². The lowest BCUT2D eigenvalue weighted by molar-refractivity contribution is -0.184. The van der Waals surface area contributed by atoms with Crippen molar-refractivity contribution in [1.82, 2.24) is 0 Å². The Kier molecular flexibility index (Phi) is 5.82. The van der Waals surface area contributed by atoms with E-state index in [2.05, 4.69) is 0 Å². The Balaban J connectivity index is 1.89. The zero-order valence-corrected chi connectivity index (χ0v) is 14.2. The molecule has 0 aliphatic heterocycles. The van der Waals surface area contributed by atoms with Gasteiger partial charge in [0.2, 0.25) is 0 Å². The van der Waals surface area contributed by atoms with Crippen LogP contribution in [0, 0.1) is 17.8 Å². The van der Waals surface area contributed by atoms with Gasteiger partial charge < -0.3 is 4.74 Å². The van der Waals surface area contributed by atoms with Crippen molar-refractivity contribution in [2.75, 3.05) is 0 Å². The molecule has 0 amide bonds. The van der Waals surface area contributed by atoms with Crippen LogP contribution in [0.3, 0.4) is 0 Å². The number of carbonyl (C=O) groups is 1. The van der Waals surface area contributed by atoms with E-state index in [0.717, 1.165) is 6.47 Å². The summed E-state index contributed by atoms with van der Waals surface area (Å²) in [4.78, 5) is 11.5. The fourth-order valence-electron chi connectivity index (χ4n) is 6.03. The molecule has 22 heavy (non-hydrogen) atoms. The van der Waals surface area contributed by atoms with Crippen molar-refractivity contribution in [2.45, 2.75) is 102 Å². The fourth-order valence-corrected chi connectivity index (χ4v) is 6.03. The average Bonchev–Trinajstić information content (AvgIpc) is 2.62. The molecule has 3 rings (SSSR count). The summed E-state index contributed by atoms with van der Waals surface area (Å²) in [6.45, 7) is 0.817. The molecule has 0 atom stereocenters. The smallest absolute Gasteiger partial charge is 0.293 e. The molecule has 0 N–H and O–H groups in total. The molecule has 3 fully saturated rings. The maximum Gasteiger partial charge on any atom is 0.293 e. The molecular formula is C20H34O2. The van der Waals surface area contributed by atoms with E-state index >= 15 is 0 Å². The molecule has 0 aromatic rings. The van der Waals surface area contributed by atoms with Gasteiger partial charge >= 0.3 is 0 Å². The van der Waals surface area contributed by atoms with Crippen molar-refractivity contribution < 1.29 is 9.53 Å². The lowest BCUT2D eigenvalue weighted by Crippen LogP contribution is -2.55. The summed E-state index contributed by atoms with van der Waals surface area (Å²) in [5, 5.41) is 0. The minimum absolute atomic E-state index is 0.108. The third kappa shape index (κ3) is 3.21. The molecule has 0 aromatic heterocycles. The largest absolute Gasteiger partial charge is 0.460 e. The Morgan fingerprint density at radius 3 is 1.18 bits per heavy atom. The van der Waals surface area contributed by atoms with Gasteiger partial charge in [-0.3, -0.25) is 4.79 Å². The third-order valence-electron chi connectivity index (χ3n) is 6.98. The van der Waals surface area contributed by atoms with Crippen LogP contribution in [0.1, 0.15) is 96.3 Å². The van der Waals surface area contributed by atoms with Crippen LogP contribution in [0.25, 0.3) is 0 Å². The summed E-state index contributed by atoms with van der Waals surface area (Å²) in [5.41, 5.74) is -0.108. The number of carbonyl (C=O) groups excluding carboxylic acids is 1. The Labute approximate surface area is 136 Å². The number of hydrogen-bond acceptors (Lipinski definition) is 2. The molecular weight excluding hydrogens is 272 g/mol. The van der Waals surface area contributed by atoms with Gasteiger partial charge in [-0.25, -0.2) is 0 Å². The fraction of sp³-hybridized carbons (Fsp3) is 0.950. The molecule has 3 saturated carbocycles. The standard InChI is InChI=1S/C20H34O2/c21-16-22-20(17-10-4-1-5-11-17,18-12-6-2-7-13-18)19-14-8-3-9-15-19/h16-19H,1-15H2. The third-order valence-corrected chi connectivity index (χ3v) is 6.98. The van der Waals surface area contributed by atoms with Gasteiger partial charge in [0.25, 0.3) is 6.47 Å². The van der Waals surface area contributed by atoms with E-state index in [1.807, 2.05) is 0 Å². The molecule has 0 aromatic carbocycles. The maximum absolute atomic E-state index is 11.5. The van der Waals surface area contributed by atoms with Crippen LogP contribution in [0.2, 0.25) is 0 Å². The summed E-state index contributed by atoms with van der Waals surface area (Å²) in [6.07, 6.45) is 19.9. The zero-order valence-electron chi connectivity index (χ0n) is 14.2. The van der Waals surface area contributed by atoms with Gasteiger partial charge in [-0.15, -0.1) is 0 Å². The van der Waals surface area contributed by atoms with Crippen LogP contribution in [-0.4, -0.2) is 12.1 Å². The maximum atomic E-state index is 11.5. The van der Waals surface area contributed by atoms with Crippen LogP contribution in [0.5, 0.6) is 0 Å². The molecule has 0 radical (unpaired) electrons. The summed E-state index contributed by atoms with van der Waals surface area (Å²) in [7, 11) is 0. The SMILES string of the molecule is O=COC(C1CCCCC1)(C1CCCCC1)C1CCCCC1. The van der Waals surface area contributed by atoms with E-state index in [4.69, 9.17) is 4.74 Å².